The number of carbonyl (C=O) groups is 3. The summed E-state index contributed by atoms with van der Waals surface area (Å²) in [5.41, 5.74) is 5.16. The number of hydrogen-bond acceptors (Lipinski definition) is 6. The van der Waals surface area contributed by atoms with E-state index in [2.05, 4.69) is 25.3 Å². The number of carboxylic acid groups (broad SMARTS) is 1. The summed E-state index contributed by atoms with van der Waals surface area (Å²) in [5, 5.41) is 18.5. The Morgan fingerprint density at radius 1 is 1.15 bits per heavy atom. The Kier molecular flexibility index (Phi) is 6.24. The topological polar surface area (TPSA) is 153 Å². The third-order valence-electron chi connectivity index (χ3n) is 5.80. The first-order valence-electron chi connectivity index (χ1n) is 10.6. The van der Waals surface area contributed by atoms with Gasteiger partial charge < -0.3 is 19.9 Å². The second-order valence-corrected chi connectivity index (χ2v) is 8.08. The van der Waals surface area contributed by atoms with E-state index in [1.165, 1.54) is 0 Å². The number of aryl methyl sites for hydroxylation is 2. The van der Waals surface area contributed by atoms with Gasteiger partial charge in [-0.2, -0.15) is 10.2 Å². The van der Waals surface area contributed by atoms with Gasteiger partial charge in [-0.15, -0.1) is 0 Å². The van der Waals surface area contributed by atoms with Crippen LogP contribution in [0.25, 0.3) is 0 Å². The zero-order valence-corrected chi connectivity index (χ0v) is 18.5. The number of aromatic nitrogens is 6. The van der Waals surface area contributed by atoms with Crippen LogP contribution < -0.4 is 0 Å². The van der Waals surface area contributed by atoms with Crippen LogP contribution in [-0.4, -0.2) is 76.2 Å². The lowest BCUT2D eigenvalue weighted by molar-refractivity contribution is -0.133. The molecule has 2 aliphatic rings. The Hall–Kier alpha value is -3.96. The molecule has 2 amide bonds. The van der Waals surface area contributed by atoms with Crippen molar-refractivity contribution >= 4 is 18.3 Å². The minimum absolute atomic E-state index is 0.00408. The van der Waals surface area contributed by atoms with Gasteiger partial charge in [0.2, 0.25) is 5.91 Å². The zero-order valence-electron chi connectivity index (χ0n) is 18.5. The number of H-pyrrole nitrogens is 2. The predicted molar refractivity (Wildman–Crippen MR) is 115 cm³/mol. The Labute approximate surface area is 189 Å². The van der Waals surface area contributed by atoms with Crippen molar-refractivity contribution < 1.29 is 19.5 Å². The van der Waals surface area contributed by atoms with Gasteiger partial charge in [0.05, 0.1) is 35.9 Å². The van der Waals surface area contributed by atoms with Crippen molar-refractivity contribution in [2.24, 2.45) is 0 Å². The van der Waals surface area contributed by atoms with Gasteiger partial charge in [0.15, 0.2) is 5.69 Å². The van der Waals surface area contributed by atoms with Gasteiger partial charge in [-0.25, -0.2) is 4.98 Å². The highest BCUT2D eigenvalue weighted by Gasteiger charge is 2.31. The zero-order chi connectivity index (χ0) is 23.5. The monoisotopic (exact) mass is 454 g/mol. The second-order valence-electron chi connectivity index (χ2n) is 8.08. The van der Waals surface area contributed by atoms with E-state index < -0.39 is 0 Å². The first-order chi connectivity index (χ1) is 15.9. The molecule has 33 heavy (non-hydrogen) atoms. The summed E-state index contributed by atoms with van der Waals surface area (Å²) in [4.78, 5) is 45.4. The number of rotatable bonds is 3. The van der Waals surface area contributed by atoms with Crippen LogP contribution >= 0.6 is 0 Å². The smallest absolute Gasteiger partial charge is 0.290 e. The molecule has 0 bridgehead atoms. The fraction of sp³-hybridized carbons (Fsp3) is 0.429. The van der Waals surface area contributed by atoms with E-state index in [9.17, 15) is 9.59 Å². The maximum absolute atomic E-state index is 13.1. The lowest BCUT2D eigenvalue weighted by Gasteiger charge is -2.28. The van der Waals surface area contributed by atoms with Crippen LogP contribution in [0.15, 0.2) is 12.3 Å². The van der Waals surface area contributed by atoms with Crippen LogP contribution in [0.1, 0.15) is 44.7 Å². The first kappa shape index (κ1) is 22.2. The number of amides is 2. The molecular formula is C21H26N8O4. The molecule has 2 aliphatic heterocycles. The summed E-state index contributed by atoms with van der Waals surface area (Å²) in [6.45, 7) is 5.93. The van der Waals surface area contributed by atoms with Crippen molar-refractivity contribution in [3.63, 3.8) is 0 Å². The van der Waals surface area contributed by atoms with Crippen molar-refractivity contribution in [1.29, 1.82) is 0 Å². The van der Waals surface area contributed by atoms with Gasteiger partial charge in [-0.05, 0) is 26.3 Å². The van der Waals surface area contributed by atoms with Gasteiger partial charge in [0, 0.05) is 31.3 Å². The molecule has 0 radical (unpaired) electrons. The molecule has 0 saturated carbocycles. The van der Waals surface area contributed by atoms with Crippen molar-refractivity contribution in [1.82, 2.24) is 39.7 Å². The second kappa shape index (κ2) is 9.27. The van der Waals surface area contributed by atoms with Crippen molar-refractivity contribution in [3.05, 3.63) is 52.1 Å². The maximum atomic E-state index is 13.1. The largest absolute Gasteiger partial charge is 0.483 e. The van der Waals surface area contributed by atoms with E-state index in [1.54, 1.807) is 15.8 Å². The van der Waals surface area contributed by atoms with Crippen LogP contribution in [0.2, 0.25) is 0 Å². The third-order valence-corrected chi connectivity index (χ3v) is 5.80. The summed E-state index contributed by atoms with van der Waals surface area (Å²) >= 11 is 0. The Balaban J connectivity index is 0.000000821. The van der Waals surface area contributed by atoms with E-state index in [-0.39, 0.29) is 24.8 Å². The van der Waals surface area contributed by atoms with Crippen LogP contribution in [0.5, 0.6) is 0 Å². The van der Waals surface area contributed by atoms with E-state index in [1.807, 2.05) is 24.8 Å². The maximum Gasteiger partial charge on any atom is 0.290 e. The molecule has 0 spiro atoms. The number of carbonyl (C=O) groups excluding carboxylic acids is 2. The molecule has 5 heterocycles. The van der Waals surface area contributed by atoms with Crippen LogP contribution in [0, 0.1) is 13.8 Å². The molecule has 0 atom stereocenters. The molecule has 0 unspecified atom stereocenters. The van der Waals surface area contributed by atoms with Crippen molar-refractivity contribution in [2.45, 2.75) is 46.3 Å². The molecule has 0 aromatic carbocycles. The minimum Gasteiger partial charge on any atom is -0.483 e. The Morgan fingerprint density at radius 2 is 1.88 bits per heavy atom. The van der Waals surface area contributed by atoms with Crippen molar-refractivity contribution in [2.75, 3.05) is 13.1 Å². The van der Waals surface area contributed by atoms with Crippen LogP contribution in [0.3, 0.4) is 0 Å². The summed E-state index contributed by atoms with van der Waals surface area (Å²) < 4.78 is 1.65. The molecule has 0 aliphatic carbocycles. The average molecular weight is 454 g/mol. The summed E-state index contributed by atoms with van der Waals surface area (Å²) in [6, 6.07) is 1.88. The molecule has 174 valence electrons. The highest BCUT2D eigenvalue weighted by atomic mass is 16.3. The molecule has 0 fully saturated rings. The number of nitrogens with zero attached hydrogens (tertiary/aromatic N) is 6. The standard InChI is InChI=1S/C20H24N8O2.CH2O2/c1-12-3-8-28(25-12)11-18(29)26-6-4-14-16(9-26)23-24-19(14)20(30)27-7-5-15-17(10-27)22-13(2)21-15;2-1-3/h3,8H,4-7,9-11H2,1-2H3,(H,21,22)(H,23,24);1H,(H,2,3). The number of nitrogens with one attached hydrogen (secondary N) is 2. The summed E-state index contributed by atoms with van der Waals surface area (Å²) in [6.07, 6.45) is 3.16. The van der Waals surface area contributed by atoms with Gasteiger partial charge in [-0.3, -0.25) is 24.2 Å². The fourth-order valence-corrected chi connectivity index (χ4v) is 4.26. The lowest BCUT2D eigenvalue weighted by atomic mass is 10.0. The molecule has 0 saturated heterocycles. The quantitative estimate of drug-likeness (QED) is 0.485. The summed E-state index contributed by atoms with van der Waals surface area (Å²) in [5.74, 6) is 0.808. The van der Waals surface area contributed by atoms with E-state index >= 15 is 0 Å². The van der Waals surface area contributed by atoms with Gasteiger partial charge >= 0.3 is 0 Å². The fourth-order valence-electron chi connectivity index (χ4n) is 4.26. The molecule has 3 aromatic rings. The Morgan fingerprint density at radius 3 is 2.61 bits per heavy atom. The van der Waals surface area contributed by atoms with Gasteiger partial charge in [0.1, 0.15) is 12.4 Å². The number of hydrogen-bond donors (Lipinski definition) is 3. The molecule has 12 heteroatoms. The van der Waals surface area contributed by atoms with Crippen LogP contribution in [-0.2, 0) is 42.1 Å². The Bertz CT molecular complexity index is 1180. The number of fused-ring (bicyclic) bond motifs is 2. The highest BCUT2D eigenvalue weighted by Crippen LogP contribution is 2.24. The average Bonchev–Trinajstić information content (AvgIpc) is 3.50. The van der Waals surface area contributed by atoms with E-state index in [4.69, 9.17) is 9.90 Å². The highest BCUT2D eigenvalue weighted by molar-refractivity contribution is 5.94. The third kappa shape index (κ3) is 4.64. The number of aromatic amines is 2. The lowest BCUT2D eigenvalue weighted by Crippen LogP contribution is -2.39. The first-order valence-corrected chi connectivity index (χ1v) is 10.6. The van der Waals surface area contributed by atoms with Gasteiger partial charge in [-0.1, -0.05) is 0 Å². The van der Waals surface area contributed by atoms with Crippen LogP contribution in [0.4, 0.5) is 0 Å². The number of imidazole rings is 1. The normalized spacial score (nSPS) is 14.7. The molecule has 5 rings (SSSR count). The molecular weight excluding hydrogens is 428 g/mol. The predicted octanol–water partition coefficient (Wildman–Crippen LogP) is 0.430. The summed E-state index contributed by atoms with van der Waals surface area (Å²) in [7, 11) is 0. The molecule has 12 nitrogen and oxygen atoms in total. The van der Waals surface area contributed by atoms with Gasteiger partial charge in [0.25, 0.3) is 12.4 Å². The van der Waals surface area contributed by atoms with E-state index in [0.29, 0.717) is 38.3 Å². The minimum atomic E-state index is -0.250. The molecule has 3 N–H and O–H groups in total. The SMILES string of the molecule is Cc1ccn(CC(=O)N2CCc3c(C(=O)N4CCc5nc(C)[nH]c5C4)n[nH]c3C2)n1.O=CO. The molecule has 3 aromatic heterocycles. The van der Waals surface area contributed by atoms with Crippen molar-refractivity contribution in [3.8, 4) is 0 Å². The van der Waals surface area contributed by atoms with E-state index in [0.717, 1.165) is 40.6 Å².